The number of para-hydroxylation sites is 1. The first-order chi connectivity index (χ1) is 10.1. The van der Waals surface area contributed by atoms with Gasteiger partial charge in [0.1, 0.15) is 5.75 Å². The van der Waals surface area contributed by atoms with Crippen LogP contribution in [0.1, 0.15) is 29.3 Å². The first kappa shape index (κ1) is 14.9. The predicted molar refractivity (Wildman–Crippen MR) is 84.0 cm³/mol. The van der Waals surface area contributed by atoms with Gasteiger partial charge in [-0.2, -0.15) is 0 Å². The van der Waals surface area contributed by atoms with Crippen LogP contribution in [0.3, 0.4) is 0 Å². The van der Waals surface area contributed by atoms with E-state index in [-0.39, 0.29) is 11.7 Å². The molecule has 0 atom stereocenters. The molecule has 0 radical (unpaired) electrons. The van der Waals surface area contributed by atoms with E-state index in [0.29, 0.717) is 24.3 Å². The summed E-state index contributed by atoms with van der Waals surface area (Å²) in [6, 6.07) is 14.1. The van der Waals surface area contributed by atoms with Crippen molar-refractivity contribution in [2.75, 3.05) is 12.3 Å². The molecule has 0 saturated carbocycles. The Kier molecular flexibility index (Phi) is 4.82. The van der Waals surface area contributed by atoms with Crippen LogP contribution < -0.4 is 5.73 Å². The summed E-state index contributed by atoms with van der Waals surface area (Å²) in [5, 5.41) is 9.84. The number of amides is 1. The normalized spacial score (nSPS) is 10.3. The van der Waals surface area contributed by atoms with Crippen molar-refractivity contribution in [1.29, 1.82) is 0 Å². The molecule has 110 valence electrons. The Balaban J connectivity index is 2.22. The molecule has 0 aromatic heterocycles. The zero-order valence-electron chi connectivity index (χ0n) is 12.1. The van der Waals surface area contributed by atoms with E-state index in [1.54, 1.807) is 23.1 Å². The average molecular weight is 284 g/mol. The molecule has 0 bridgehead atoms. The van der Waals surface area contributed by atoms with E-state index in [1.807, 2.05) is 31.2 Å². The molecule has 1 amide bonds. The fraction of sp³-hybridized carbons (Fsp3) is 0.235. The monoisotopic (exact) mass is 284 g/mol. The number of benzene rings is 2. The fourth-order valence-corrected chi connectivity index (χ4v) is 2.26. The van der Waals surface area contributed by atoms with Crippen molar-refractivity contribution in [3.8, 4) is 5.75 Å². The van der Waals surface area contributed by atoms with Gasteiger partial charge in [-0.1, -0.05) is 31.2 Å². The van der Waals surface area contributed by atoms with E-state index < -0.39 is 0 Å². The van der Waals surface area contributed by atoms with E-state index >= 15 is 0 Å². The minimum Gasteiger partial charge on any atom is -0.507 e. The lowest BCUT2D eigenvalue weighted by atomic mass is 10.1. The number of hydrogen-bond donors (Lipinski definition) is 2. The molecular formula is C17H20N2O2. The quantitative estimate of drug-likeness (QED) is 0.829. The average Bonchev–Trinajstić information content (AvgIpc) is 2.47. The molecule has 0 saturated heterocycles. The third kappa shape index (κ3) is 3.75. The van der Waals surface area contributed by atoms with Gasteiger partial charge >= 0.3 is 0 Å². The van der Waals surface area contributed by atoms with Gasteiger partial charge in [-0.05, 0) is 36.2 Å². The lowest BCUT2D eigenvalue weighted by Crippen LogP contribution is -2.31. The highest BCUT2D eigenvalue weighted by molar-refractivity contribution is 5.96. The maximum absolute atomic E-state index is 12.6. The van der Waals surface area contributed by atoms with Gasteiger partial charge in [-0.3, -0.25) is 4.79 Å². The number of carbonyl (C=O) groups excluding carboxylic acids is 1. The van der Waals surface area contributed by atoms with Crippen molar-refractivity contribution in [3.05, 3.63) is 59.7 Å². The standard InChI is InChI=1S/C17H20N2O2/c1-2-10-19(12-13-6-5-7-14(18)11-13)17(21)15-8-3-4-9-16(15)20/h3-9,11,20H,2,10,12,18H2,1H3. The molecule has 2 aromatic rings. The van der Waals surface area contributed by atoms with Crippen LogP contribution in [0.15, 0.2) is 48.5 Å². The number of carbonyl (C=O) groups is 1. The highest BCUT2D eigenvalue weighted by atomic mass is 16.3. The minimum atomic E-state index is -0.169. The Morgan fingerprint density at radius 1 is 1.19 bits per heavy atom. The highest BCUT2D eigenvalue weighted by Crippen LogP contribution is 2.19. The molecule has 2 rings (SSSR count). The Bertz CT molecular complexity index is 626. The summed E-state index contributed by atoms with van der Waals surface area (Å²) in [6.07, 6.45) is 0.849. The van der Waals surface area contributed by atoms with Crippen LogP contribution in [0, 0.1) is 0 Å². The van der Waals surface area contributed by atoms with Crippen LogP contribution in [-0.2, 0) is 6.54 Å². The number of aromatic hydroxyl groups is 1. The zero-order valence-corrected chi connectivity index (χ0v) is 12.1. The van der Waals surface area contributed by atoms with Crippen molar-refractivity contribution < 1.29 is 9.90 Å². The largest absolute Gasteiger partial charge is 0.507 e. The summed E-state index contributed by atoms with van der Waals surface area (Å²) in [5.74, 6) is -0.159. The van der Waals surface area contributed by atoms with Gasteiger partial charge in [0.2, 0.25) is 0 Å². The molecule has 0 unspecified atom stereocenters. The predicted octanol–water partition coefficient (Wildman–Crippen LogP) is 3.03. The minimum absolute atomic E-state index is 0.0104. The molecule has 0 spiro atoms. The number of phenolic OH excluding ortho intramolecular Hbond substituents is 1. The summed E-state index contributed by atoms with van der Waals surface area (Å²) in [5.41, 5.74) is 7.76. The summed E-state index contributed by atoms with van der Waals surface area (Å²) >= 11 is 0. The van der Waals surface area contributed by atoms with Crippen LogP contribution >= 0.6 is 0 Å². The van der Waals surface area contributed by atoms with E-state index in [1.165, 1.54) is 6.07 Å². The van der Waals surface area contributed by atoms with Gasteiger partial charge in [0.05, 0.1) is 5.56 Å². The smallest absolute Gasteiger partial charge is 0.257 e. The van der Waals surface area contributed by atoms with E-state index in [2.05, 4.69) is 0 Å². The lowest BCUT2D eigenvalue weighted by molar-refractivity contribution is 0.0740. The van der Waals surface area contributed by atoms with Crippen molar-refractivity contribution >= 4 is 11.6 Å². The Labute approximate surface area is 124 Å². The van der Waals surface area contributed by atoms with E-state index in [4.69, 9.17) is 5.73 Å². The SMILES string of the molecule is CCCN(Cc1cccc(N)c1)C(=O)c1ccccc1O. The first-order valence-corrected chi connectivity index (χ1v) is 7.03. The maximum atomic E-state index is 12.6. The summed E-state index contributed by atoms with van der Waals surface area (Å²) < 4.78 is 0. The number of nitrogen functional groups attached to an aromatic ring is 1. The Morgan fingerprint density at radius 3 is 2.62 bits per heavy atom. The van der Waals surface area contributed by atoms with Crippen molar-refractivity contribution in [3.63, 3.8) is 0 Å². The molecule has 0 heterocycles. The second-order valence-corrected chi connectivity index (χ2v) is 4.99. The van der Waals surface area contributed by atoms with Crippen LogP contribution in [0.25, 0.3) is 0 Å². The highest BCUT2D eigenvalue weighted by Gasteiger charge is 2.18. The molecule has 0 aliphatic carbocycles. The van der Waals surface area contributed by atoms with Crippen molar-refractivity contribution in [2.24, 2.45) is 0 Å². The zero-order chi connectivity index (χ0) is 15.2. The van der Waals surface area contributed by atoms with Crippen LogP contribution in [0.5, 0.6) is 5.75 Å². The number of nitrogens with zero attached hydrogens (tertiary/aromatic N) is 1. The molecule has 4 nitrogen and oxygen atoms in total. The summed E-state index contributed by atoms with van der Waals surface area (Å²) in [4.78, 5) is 14.3. The lowest BCUT2D eigenvalue weighted by Gasteiger charge is -2.23. The molecular weight excluding hydrogens is 264 g/mol. The fourth-order valence-electron chi connectivity index (χ4n) is 2.26. The second kappa shape index (κ2) is 6.79. The van der Waals surface area contributed by atoms with Crippen LogP contribution in [-0.4, -0.2) is 22.5 Å². The van der Waals surface area contributed by atoms with Gasteiger partial charge in [-0.15, -0.1) is 0 Å². The van der Waals surface area contributed by atoms with Gasteiger partial charge in [-0.25, -0.2) is 0 Å². The molecule has 4 heteroatoms. The van der Waals surface area contributed by atoms with Crippen molar-refractivity contribution in [2.45, 2.75) is 19.9 Å². The number of phenols is 1. The molecule has 0 aliphatic rings. The van der Waals surface area contributed by atoms with Gasteiger partial charge in [0.15, 0.2) is 0 Å². The van der Waals surface area contributed by atoms with Crippen molar-refractivity contribution in [1.82, 2.24) is 4.90 Å². The number of hydrogen-bond acceptors (Lipinski definition) is 3. The molecule has 21 heavy (non-hydrogen) atoms. The second-order valence-electron chi connectivity index (χ2n) is 4.99. The molecule has 3 N–H and O–H groups in total. The van der Waals surface area contributed by atoms with Gasteiger partial charge in [0.25, 0.3) is 5.91 Å². The first-order valence-electron chi connectivity index (χ1n) is 7.03. The van der Waals surface area contributed by atoms with Crippen LogP contribution in [0.2, 0.25) is 0 Å². The van der Waals surface area contributed by atoms with E-state index in [9.17, 15) is 9.90 Å². The molecule has 2 aromatic carbocycles. The number of nitrogens with two attached hydrogens (primary N) is 1. The molecule has 0 fully saturated rings. The summed E-state index contributed by atoms with van der Waals surface area (Å²) in [7, 11) is 0. The number of rotatable bonds is 5. The Hall–Kier alpha value is -2.49. The summed E-state index contributed by atoms with van der Waals surface area (Å²) in [6.45, 7) is 3.12. The third-order valence-corrected chi connectivity index (χ3v) is 3.24. The number of anilines is 1. The van der Waals surface area contributed by atoms with Gasteiger partial charge < -0.3 is 15.7 Å². The van der Waals surface area contributed by atoms with E-state index in [0.717, 1.165) is 12.0 Å². The molecule has 0 aliphatic heterocycles. The third-order valence-electron chi connectivity index (χ3n) is 3.24. The topological polar surface area (TPSA) is 66.6 Å². The maximum Gasteiger partial charge on any atom is 0.257 e. The van der Waals surface area contributed by atoms with Crippen LogP contribution in [0.4, 0.5) is 5.69 Å². The van der Waals surface area contributed by atoms with Gasteiger partial charge in [0, 0.05) is 18.8 Å². The Morgan fingerprint density at radius 2 is 1.95 bits per heavy atom.